The third kappa shape index (κ3) is 3.44. The molecule has 1 aromatic rings. The third-order valence-electron chi connectivity index (χ3n) is 4.62. The Labute approximate surface area is 126 Å². The minimum Gasteiger partial charge on any atom is -0.395 e. The smallest absolute Gasteiger partial charge is 0.230 e. The van der Waals surface area contributed by atoms with Gasteiger partial charge in [-0.05, 0) is 24.3 Å². The van der Waals surface area contributed by atoms with Crippen LogP contribution in [0.4, 0.5) is 0 Å². The molecule has 1 unspecified atom stereocenters. The van der Waals surface area contributed by atoms with Gasteiger partial charge in [-0.1, -0.05) is 30.3 Å². The Morgan fingerprint density at radius 2 is 1.81 bits per heavy atom. The van der Waals surface area contributed by atoms with E-state index in [4.69, 9.17) is 5.11 Å². The molecular formula is C17H24N2O2. The second kappa shape index (κ2) is 6.58. The van der Waals surface area contributed by atoms with Crippen molar-refractivity contribution < 1.29 is 9.90 Å². The Kier molecular flexibility index (Phi) is 4.56. The van der Waals surface area contributed by atoms with E-state index >= 15 is 0 Å². The standard InChI is InChI=1S/C17H24N2O2/c20-13-12-18-8-10-19(11-9-18)17(21)16(15-6-7-15)14-4-2-1-3-5-14/h1-5,15-16,20H,6-13H2. The first-order chi connectivity index (χ1) is 10.3. The number of hydrogen-bond acceptors (Lipinski definition) is 3. The molecule has 3 rings (SSSR count). The average Bonchev–Trinajstić information content (AvgIpc) is 3.34. The molecule has 0 spiro atoms. The number of carbonyl (C=O) groups excluding carboxylic acids is 1. The minimum atomic E-state index is 0.0515. The molecule has 2 fully saturated rings. The van der Waals surface area contributed by atoms with Crippen molar-refractivity contribution in [3.05, 3.63) is 35.9 Å². The number of piperazine rings is 1. The topological polar surface area (TPSA) is 43.8 Å². The van der Waals surface area contributed by atoms with Crippen molar-refractivity contribution in [3.8, 4) is 0 Å². The molecule has 1 saturated heterocycles. The number of β-amino-alcohol motifs (C(OH)–C–C–N with tert-alkyl or cyclic N) is 1. The summed E-state index contributed by atoms with van der Waals surface area (Å²) in [4.78, 5) is 17.1. The molecule has 1 aliphatic heterocycles. The molecule has 1 aromatic carbocycles. The first kappa shape index (κ1) is 14.5. The Balaban J connectivity index is 1.66. The average molecular weight is 288 g/mol. The molecule has 1 N–H and O–H groups in total. The SMILES string of the molecule is O=C(C(c1ccccc1)C1CC1)N1CCN(CCO)CC1. The molecule has 0 radical (unpaired) electrons. The minimum absolute atomic E-state index is 0.0515. The quantitative estimate of drug-likeness (QED) is 0.888. The van der Waals surface area contributed by atoms with Crippen molar-refractivity contribution in [1.29, 1.82) is 0 Å². The number of rotatable bonds is 5. The van der Waals surface area contributed by atoms with Gasteiger partial charge in [0.25, 0.3) is 0 Å². The van der Waals surface area contributed by atoms with Crippen LogP contribution in [-0.4, -0.2) is 60.1 Å². The third-order valence-corrected chi connectivity index (χ3v) is 4.62. The van der Waals surface area contributed by atoms with E-state index in [-0.39, 0.29) is 12.5 Å². The van der Waals surface area contributed by atoms with Crippen LogP contribution in [0.1, 0.15) is 24.3 Å². The van der Waals surface area contributed by atoms with Gasteiger partial charge in [0, 0.05) is 32.7 Å². The largest absolute Gasteiger partial charge is 0.395 e. The van der Waals surface area contributed by atoms with Gasteiger partial charge in [-0.25, -0.2) is 0 Å². The molecule has 0 bridgehead atoms. The summed E-state index contributed by atoms with van der Waals surface area (Å²) >= 11 is 0. The lowest BCUT2D eigenvalue weighted by molar-refractivity contribution is -0.135. The van der Waals surface area contributed by atoms with E-state index < -0.39 is 0 Å². The van der Waals surface area contributed by atoms with Crippen LogP contribution in [0.3, 0.4) is 0 Å². The molecule has 4 heteroatoms. The second-order valence-corrected chi connectivity index (χ2v) is 6.12. The molecule has 1 amide bonds. The van der Waals surface area contributed by atoms with Crippen LogP contribution in [0.2, 0.25) is 0 Å². The van der Waals surface area contributed by atoms with E-state index in [1.54, 1.807) is 0 Å². The predicted octanol–water partition coefficient (Wildman–Crippen LogP) is 1.32. The summed E-state index contributed by atoms with van der Waals surface area (Å²) in [7, 11) is 0. The number of hydrogen-bond donors (Lipinski definition) is 1. The Morgan fingerprint density at radius 1 is 1.14 bits per heavy atom. The van der Waals surface area contributed by atoms with Crippen molar-refractivity contribution in [1.82, 2.24) is 9.80 Å². The summed E-state index contributed by atoms with van der Waals surface area (Å²) in [5.74, 6) is 0.887. The fourth-order valence-corrected chi connectivity index (χ4v) is 3.24. The normalized spacial score (nSPS) is 21.3. The summed E-state index contributed by atoms with van der Waals surface area (Å²) in [5, 5.41) is 8.99. The van der Waals surface area contributed by atoms with Gasteiger partial charge in [0.15, 0.2) is 0 Å². The Bertz CT molecular complexity index is 465. The molecule has 4 nitrogen and oxygen atoms in total. The van der Waals surface area contributed by atoms with Crippen LogP contribution in [0.5, 0.6) is 0 Å². The molecule has 114 valence electrons. The number of amides is 1. The Morgan fingerprint density at radius 3 is 2.38 bits per heavy atom. The molecule has 1 saturated carbocycles. The summed E-state index contributed by atoms with van der Waals surface area (Å²) in [5.41, 5.74) is 1.17. The second-order valence-electron chi connectivity index (χ2n) is 6.12. The number of aliphatic hydroxyl groups is 1. The lowest BCUT2D eigenvalue weighted by Crippen LogP contribution is -2.50. The zero-order chi connectivity index (χ0) is 14.7. The van der Waals surface area contributed by atoms with Gasteiger partial charge in [0.1, 0.15) is 0 Å². The first-order valence-corrected chi connectivity index (χ1v) is 7.96. The van der Waals surface area contributed by atoms with E-state index in [0.717, 1.165) is 26.2 Å². The van der Waals surface area contributed by atoms with Crippen molar-refractivity contribution >= 4 is 5.91 Å². The van der Waals surface area contributed by atoms with Crippen LogP contribution < -0.4 is 0 Å². The molecule has 1 heterocycles. The van der Waals surface area contributed by atoms with Crippen LogP contribution in [-0.2, 0) is 4.79 Å². The monoisotopic (exact) mass is 288 g/mol. The maximum Gasteiger partial charge on any atom is 0.230 e. The maximum atomic E-state index is 12.9. The zero-order valence-corrected chi connectivity index (χ0v) is 12.4. The predicted molar refractivity (Wildman–Crippen MR) is 82.0 cm³/mol. The van der Waals surface area contributed by atoms with Gasteiger partial charge in [-0.3, -0.25) is 9.69 Å². The van der Waals surface area contributed by atoms with Crippen LogP contribution in [0, 0.1) is 5.92 Å². The lowest BCUT2D eigenvalue weighted by atomic mass is 9.92. The highest BCUT2D eigenvalue weighted by atomic mass is 16.3. The van der Waals surface area contributed by atoms with Crippen LogP contribution in [0.25, 0.3) is 0 Å². The van der Waals surface area contributed by atoms with Crippen molar-refractivity contribution in [2.45, 2.75) is 18.8 Å². The van der Waals surface area contributed by atoms with Gasteiger partial charge in [0.2, 0.25) is 5.91 Å². The molecule has 1 atom stereocenters. The van der Waals surface area contributed by atoms with Gasteiger partial charge in [0.05, 0.1) is 12.5 Å². The summed E-state index contributed by atoms with van der Waals surface area (Å²) in [6.45, 7) is 4.23. The number of nitrogens with zero attached hydrogens (tertiary/aromatic N) is 2. The van der Waals surface area contributed by atoms with Crippen molar-refractivity contribution in [3.63, 3.8) is 0 Å². The lowest BCUT2D eigenvalue weighted by Gasteiger charge is -2.36. The fraction of sp³-hybridized carbons (Fsp3) is 0.588. The van der Waals surface area contributed by atoms with Crippen molar-refractivity contribution in [2.75, 3.05) is 39.3 Å². The highest BCUT2D eigenvalue weighted by Crippen LogP contribution is 2.43. The molecule has 0 aromatic heterocycles. The van der Waals surface area contributed by atoms with Crippen LogP contribution in [0.15, 0.2) is 30.3 Å². The molecular weight excluding hydrogens is 264 g/mol. The summed E-state index contributed by atoms with van der Waals surface area (Å²) in [6, 6.07) is 10.2. The van der Waals surface area contributed by atoms with Gasteiger partial charge in [-0.2, -0.15) is 0 Å². The van der Waals surface area contributed by atoms with E-state index in [0.29, 0.717) is 18.4 Å². The highest BCUT2D eigenvalue weighted by molar-refractivity contribution is 5.84. The van der Waals surface area contributed by atoms with Gasteiger partial charge < -0.3 is 10.0 Å². The molecule has 2 aliphatic rings. The van der Waals surface area contributed by atoms with E-state index in [1.165, 1.54) is 18.4 Å². The fourth-order valence-electron chi connectivity index (χ4n) is 3.24. The summed E-state index contributed by atoms with van der Waals surface area (Å²) < 4.78 is 0. The van der Waals surface area contributed by atoms with Crippen LogP contribution >= 0.6 is 0 Å². The molecule has 1 aliphatic carbocycles. The van der Waals surface area contributed by atoms with Crippen molar-refractivity contribution in [2.24, 2.45) is 5.92 Å². The van der Waals surface area contributed by atoms with E-state index in [2.05, 4.69) is 17.0 Å². The number of carbonyl (C=O) groups is 1. The zero-order valence-electron chi connectivity index (χ0n) is 12.4. The Hall–Kier alpha value is -1.39. The van der Waals surface area contributed by atoms with E-state index in [1.807, 2.05) is 23.1 Å². The maximum absolute atomic E-state index is 12.9. The van der Waals surface area contributed by atoms with Gasteiger partial charge >= 0.3 is 0 Å². The number of benzene rings is 1. The van der Waals surface area contributed by atoms with E-state index in [9.17, 15) is 4.79 Å². The molecule has 21 heavy (non-hydrogen) atoms. The summed E-state index contributed by atoms with van der Waals surface area (Å²) in [6.07, 6.45) is 2.35. The van der Waals surface area contributed by atoms with Gasteiger partial charge in [-0.15, -0.1) is 0 Å². The highest BCUT2D eigenvalue weighted by Gasteiger charge is 2.39. The first-order valence-electron chi connectivity index (χ1n) is 7.96. The number of aliphatic hydroxyl groups excluding tert-OH is 1.